The van der Waals surface area contributed by atoms with Gasteiger partial charge in [-0.3, -0.25) is 9.78 Å². The molecule has 0 spiro atoms. The molecule has 0 aliphatic carbocycles. The van der Waals surface area contributed by atoms with Crippen LogP contribution in [0.3, 0.4) is 0 Å². The lowest BCUT2D eigenvalue weighted by Gasteiger charge is -2.09. The lowest BCUT2D eigenvalue weighted by atomic mass is 10.1. The lowest BCUT2D eigenvalue weighted by Crippen LogP contribution is -2.32. The van der Waals surface area contributed by atoms with E-state index in [9.17, 15) is 4.79 Å². The summed E-state index contributed by atoms with van der Waals surface area (Å²) in [5, 5.41) is 4.74. The van der Waals surface area contributed by atoms with Gasteiger partial charge in [0, 0.05) is 17.8 Å². The molecule has 1 amide bonds. The molecule has 0 fully saturated rings. The number of anilines is 1. The highest BCUT2D eigenvalue weighted by atomic mass is 16.2. The predicted molar refractivity (Wildman–Crippen MR) is 64.0 cm³/mol. The van der Waals surface area contributed by atoms with Crippen molar-refractivity contribution in [2.75, 3.05) is 5.32 Å². The molecule has 4 nitrogen and oxygen atoms in total. The summed E-state index contributed by atoms with van der Waals surface area (Å²) < 4.78 is 0. The number of benzene rings is 1. The van der Waals surface area contributed by atoms with Crippen LogP contribution in [0.15, 0.2) is 36.7 Å². The zero-order valence-electron chi connectivity index (χ0n) is 8.97. The first-order chi connectivity index (χ1) is 7.68. The molecular weight excluding hydrogens is 202 g/mol. The molecule has 2 aromatic rings. The van der Waals surface area contributed by atoms with Crippen molar-refractivity contribution in [3.8, 4) is 0 Å². The smallest absolute Gasteiger partial charge is 0.241 e. The maximum Gasteiger partial charge on any atom is 0.241 e. The molecular formula is C12H13N3O. The third-order valence-electron chi connectivity index (χ3n) is 2.36. The average molecular weight is 215 g/mol. The Hall–Kier alpha value is -1.94. The van der Waals surface area contributed by atoms with Crippen molar-refractivity contribution < 1.29 is 4.79 Å². The molecule has 3 N–H and O–H groups in total. The molecule has 0 bridgehead atoms. The largest absolute Gasteiger partial charge is 0.324 e. The summed E-state index contributed by atoms with van der Waals surface area (Å²) in [6.45, 7) is 1.65. The van der Waals surface area contributed by atoms with Gasteiger partial charge in [-0.15, -0.1) is 0 Å². The number of nitrogens with one attached hydrogen (secondary N) is 1. The van der Waals surface area contributed by atoms with Crippen molar-refractivity contribution in [2.24, 2.45) is 5.73 Å². The van der Waals surface area contributed by atoms with Crippen LogP contribution in [-0.4, -0.2) is 16.9 Å². The molecule has 0 saturated carbocycles. The molecule has 0 aliphatic rings. The summed E-state index contributed by atoms with van der Waals surface area (Å²) in [6.07, 6.45) is 3.45. The van der Waals surface area contributed by atoms with Crippen LogP contribution in [0, 0.1) is 0 Å². The molecule has 1 atom stereocenters. The SMILES string of the molecule is C[C@H](N)C(=O)Nc1cccc2ccncc12. The Morgan fingerprint density at radius 2 is 2.25 bits per heavy atom. The van der Waals surface area contributed by atoms with Gasteiger partial charge in [-0.1, -0.05) is 12.1 Å². The van der Waals surface area contributed by atoms with Gasteiger partial charge in [-0.2, -0.15) is 0 Å². The van der Waals surface area contributed by atoms with Gasteiger partial charge >= 0.3 is 0 Å². The summed E-state index contributed by atoms with van der Waals surface area (Å²) in [4.78, 5) is 15.5. The topological polar surface area (TPSA) is 68.0 Å². The molecule has 0 saturated heterocycles. The quantitative estimate of drug-likeness (QED) is 0.798. The first-order valence-electron chi connectivity index (χ1n) is 5.07. The minimum Gasteiger partial charge on any atom is -0.324 e. The molecule has 82 valence electrons. The monoisotopic (exact) mass is 215 g/mol. The van der Waals surface area contributed by atoms with E-state index in [2.05, 4.69) is 10.3 Å². The van der Waals surface area contributed by atoms with E-state index in [0.29, 0.717) is 0 Å². The van der Waals surface area contributed by atoms with Crippen molar-refractivity contribution >= 4 is 22.4 Å². The normalized spacial score (nSPS) is 12.4. The maximum atomic E-state index is 11.5. The molecule has 0 unspecified atom stereocenters. The van der Waals surface area contributed by atoms with Crippen molar-refractivity contribution in [1.29, 1.82) is 0 Å². The van der Waals surface area contributed by atoms with Crippen LogP contribution < -0.4 is 11.1 Å². The van der Waals surface area contributed by atoms with Gasteiger partial charge in [0.05, 0.1) is 11.7 Å². The third-order valence-corrected chi connectivity index (χ3v) is 2.36. The highest BCUT2D eigenvalue weighted by molar-refractivity contribution is 6.03. The third kappa shape index (κ3) is 2.01. The second-order valence-electron chi connectivity index (χ2n) is 3.68. The Labute approximate surface area is 93.5 Å². The zero-order chi connectivity index (χ0) is 11.5. The minimum absolute atomic E-state index is 0.198. The summed E-state index contributed by atoms with van der Waals surface area (Å²) in [5.74, 6) is -0.198. The van der Waals surface area contributed by atoms with E-state index >= 15 is 0 Å². The lowest BCUT2D eigenvalue weighted by molar-refractivity contribution is -0.117. The molecule has 1 aromatic carbocycles. The number of pyridine rings is 1. The van der Waals surface area contributed by atoms with Crippen molar-refractivity contribution in [3.63, 3.8) is 0 Å². The van der Waals surface area contributed by atoms with Gasteiger partial charge < -0.3 is 11.1 Å². The number of rotatable bonds is 2. The fraction of sp³-hybridized carbons (Fsp3) is 0.167. The molecule has 16 heavy (non-hydrogen) atoms. The van der Waals surface area contributed by atoms with E-state index in [4.69, 9.17) is 5.73 Å². The first kappa shape index (κ1) is 10.6. The molecule has 0 radical (unpaired) electrons. The Bertz CT molecular complexity index is 517. The Balaban J connectivity index is 2.41. The molecule has 4 heteroatoms. The molecule has 0 aliphatic heterocycles. The van der Waals surface area contributed by atoms with E-state index in [1.807, 2.05) is 24.3 Å². The van der Waals surface area contributed by atoms with E-state index in [1.165, 1.54) is 0 Å². The van der Waals surface area contributed by atoms with Crippen molar-refractivity contribution in [3.05, 3.63) is 36.7 Å². The van der Waals surface area contributed by atoms with Crippen molar-refractivity contribution in [1.82, 2.24) is 4.98 Å². The van der Waals surface area contributed by atoms with Crippen LogP contribution in [0.25, 0.3) is 10.8 Å². The number of nitrogens with two attached hydrogens (primary N) is 1. The number of hydrogen-bond donors (Lipinski definition) is 2. The van der Waals surface area contributed by atoms with Crippen LogP contribution in [0.2, 0.25) is 0 Å². The van der Waals surface area contributed by atoms with Gasteiger partial charge in [0.1, 0.15) is 0 Å². The van der Waals surface area contributed by atoms with E-state index in [1.54, 1.807) is 19.3 Å². The van der Waals surface area contributed by atoms with Crippen LogP contribution >= 0.6 is 0 Å². The highest BCUT2D eigenvalue weighted by Crippen LogP contribution is 2.21. The number of carbonyl (C=O) groups excluding carboxylic acids is 1. The van der Waals surface area contributed by atoms with E-state index < -0.39 is 6.04 Å². The first-order valence-corrected chi connectivity index (χ1v) is 5.07. The van der Waals surface area contributed by atoms with Crippen LogP contribution in [0.4, 0.5) is 5.69 Å². The number of amides is 1. The van der Waals surface area contributed by atoms with Gasteiger partial charge in [-0.25, -0.2) is 0 Å². The number of fused-ring (bicyclic) bond motifs is 1. The number of hydrogen-bond acceptors (Lipinski definition) is 3. The number of carbonyl (C=O) groups is 1. The van der Waals surface area contributed by atoms with E-state index in [-0.39, 0.29) is 5.91 Å². The van der Waals surface area contributed by atoms with Gasteiger partial charge in [0.2, 0.25) is 5.91 Å². The fourth-order valence-electron chi connectivity index (χ4n) is 1.47. The summed E-state index contributed by atoms with van der Waals surface area (Å²) in [5.41, 5.74) is 6.24. The second-order valence-corrected chi connectivity index (χ2v) is 3.68. The van der Waals surface area contributed by atoms with E-state index in [0.717, 1.165) is 16.5 Å². The minimum atomic E-state index is -0.521. The van der Waals surface area contributed by atoms with Crippen LogP contribution in [0.1, 0.15) is 6.92 Å². The predicted octanol–water partition coefficient (Wildman–Crippen LogP) is 1.52. The molecule has 1 heterocycles. The Morgan fingerprint density at radius 3 is 3.00 bits per heavy atom. The zero-order valence-corrected chi connectivity index (χ0v) is 8.97. The molecule has 2 rings (SSSR count). The molecule has 1 aromatic heterocycles. The fourth-order valence-corrected chi connectivity index (χ4v) is 1.47. The summed E-state index contributed by atoms with van der Waals surface area (Å²) in [6, 6.07) is 7.07. The Kier molecular flexibility index (Phi) is 2.83. The van der Waals surface area contributed by atoms with Gasteiger partial charge in [0.15, 0.2) is 0 Å². The average Bonchev–Trinajstić information content (AvgIpc) is 2.29. The van der Waals surface area contributed by atoms with Gasteiger partial charge in [0.25, 0.3) is 0 Å². The highest BCUT2D eigenvalue weighted by Gasteiger charge is 2.09. The second kappa shape index (κ2) is 4.28. The maximum absolute atomic E-state index is 11.5. The van der Waals surface area contributed by atoms with Crippen molar-refractivity contribution in [2.45, 2.75) is 13.0 Å². The number of nitrogens with zero attached hydrogens (tertiary/aromatic N) is 1. The Morgan fingerprint density at radius 1 is 1.44 bits per heavy atom. The van der Waals surface area contributed by atoms with Gasteiger partial charge in [-0.05, 0) is 24.4 Å². The van der Waals surface area contributed by atoms with Crippen LogP contribution in [0.5, 0.6) is 0 Å². The summed E-state index contributed by atoms with van der Waals surface area (Å²) in [7, 11) is 0. The standard InChI is InChI=1S/C12H13N3O/c1-8(13)12(16)15-11-4-2-3-9-5-6-14-7-10(9)11/h2-8H,13H2,1H3,(H,15,16)/t8-/m0/s1. The number of aromatic nitrogens is 1. The van der Waals surface area contributed by atoms with Crippen LogP contribution in [-0.2, 0) is 4.79 Å². The summed E-state index contributed by atoms with van der Waals surface area (Å²) >= 11 is 0.